The molecular formula is C21H26O3. The Morgan fingerprint density at radius 3 is 2.79 bits per heavy atom. The van der Waals surface area contributed by atoms with Crippen LogP contribution >= 0.6 is 0 Å². The van der Waals surface area contributed by atoms with Gasteiger partial charge in [-0.25, -0.2) is 0 Å². The first-order valence-electron chi connectivity index (χ1n) is 9.28. The predicted molar refractivity (Wildman–Crippen MR) is 91.4 cm³/mol. The van der Waals surface area contributed by atoms with E-state index in [4.69, 9.17) is 9.47 Å². The van der Waals surface area contributed by atoms with E-state index in [9.17, 15) is 4.79 Å². The van der Waals surface area contributed by atoms with E-state index >= 15 is 0 Å². The van der Waals surface area contributed by atoms with E-state index in [1.807, 2.05) is 12.1 Å². The van der Waals surface area contributed by atoms with Crippen molar-refractivity contribution in [2.24, 2.45) is 22.7 Å². The van der Waals surface area contributed by atoms with Crippen LogP contribution in [-0.4, -0.2) is 25.1 Å². The van der Waals surface area contributed by atoms with Crippen molar-refractivity contribution in [2.45, 2.75) is 58.2 Å². The van der Waals surface area contributed by atoms with Crippen LogP contribution in [0, 0.1) is 22.7 Å². The Morgan fingerprint density at radius 1 is 1.25 bits per heavy atom. The molecule has 3 aliphatic carbocycles. The molecule has 0 N–H and O–H groups in total. The van der Waals surface area contributed by atoms with Gasteiger partial charge in [0.25, 0.3) is 0 Å². The Bertz CT molecular complexity index is 741. The monoisotopic (exact) mass is 326 g/mol. The van der Waals surface area contributed by atoms with Gasteiger partial charge in [0, 0.05) is 16.9 Å². The number of hydrogen-bond acceptors (Lipinski definition) is 3. The average molecular weight is 326 g/mol. The molecule has 1 aromatic carbocycles. The molecule has 0 bridgehead atoms. The van der Waals surface area contributed by atoms with Gasteiger partial charge in [-0.3, -0.25) is 4.79 Å². The van der Waals surface area contributed by atoms with Gasteiger partial charge in [-0.2, -0.15) is 0 Å². The van der Waals surface area contributed by atoms with Crippen LogP contribution in [0.15, 0.2) is 18.2 Å². The molecule has 2 saturated carbocycles. The summed E-state index contributed by atoms with van der Waals surface area (Å²) < 4.78 is 11.3. The molecule has 0 aromatic heterocycles. The molecule has 0 radical (unpaired) electrons. The van der Waals surface area contributed by atoms with Crippen molar-refractivity contribution in [3.8, 4) is 5.75 Å². The van der Waals surface area contributed by atoms with Crippen LogP contribution < -0.4 is 4.74 Å². The normalized spacial score (nSPS) is 48.2. The highest BCUT2D eigenvalue weighted by Crippen LogP contribution is 2.73. The highest BCUT2D eigenvalue weighted by Gasteiger charge is 2.73. The highest BCUT2D eigenvalue weighted by atomic mass is 16.6. The largest absolute Gasteiger partial charge is 0.497 e. The van der Waals surface area contributed by atoms with Gasteiger partial charge < -0.3 is 9.47 Å². The van der Waals surface area contributed by atoms with Crippen molar-refractivity contribution in [2.75, 3.05) is 7.11 Å². The van der Waals surface area contributed by atoms with Gasteiger partial charge in [0.15, 0.2) is 5.78 Å². The lowest BCUT2D eigenvalue weighted by Crippen LogP contribution is -2.54. The third kappa shape index (κ3) is 1.55. The lowest BCUT2D eigenvalue weighted by Gasteiger charge is -2.58. The summed E-state index contributed by atoms with van der Waals surface area (Å²) in [4.78, 5) is 13.2. The molecule has 1 aromatic rings. The number of benzene rings is 1. The smallest absolute Gasteiger partial charge is 0.166 e. The van der Waals surface area contributed by atoms with Crippen molar-refractivity contribution in [1.29, 1.82) is 0 Å². The molecule has 7 atom stereocenters. The summed E-state index contributed by atoms with van der Waals surface area (Å²) in [6.07, 6.45) is 4.37. The van der Waals surface area contributed by atoms with Crippen molar-refractivity contribution in [1.82, 2.24) is 0 Å². The minimum Gasteiger partial charge on any atom is -0.497 e. The van der Waals surface area contributed by atoms with Crippen LogP contribution in [0.25, 0.3) is 0 Å². The zero-order valence-electron chi connectivity index (χ0n) is 15.0. The molecule has 0 unspecified atom stereocenters. The summed E-state index contributed by atoms with van der Waals surface area (Å²) in [5.74, 6) is 2.10. The molecule has 3 fully saturated rings. The number of rotatable bonds is 1. The maximum atomic E-state index is 13.2. The number of epoxide rings is 1. The van der Waals surface area contributed by atoms with Gasteiger partial charge in [0.1, 0.15) is 5.75 Å². The Balaban J connectivity index is 1.64. The maximum absolute atomic E-state index is 13.2. The Kier molecular flexibility index (Phi) is 2.76. The third-order valence-corrected chi connectivity index (χ3v) is 8.16. The Labute approximate surface area is 143 Å². The number of methoxy groups -OCH3 is 1. The first-order valence-corrected chi connectivity index (χ1v) is 9.28. The summed E-state index contributed by atoms with van der Waals surface area (Å²) in [6.45, 7) is 7.02. The molecule has 1 heterocycles. The Morgan fingerprint density at radius 2 is 2.04 bits per heavy atom. The molecule has 24 heavy (non-hydrogen) atoms. The zero-order chi connectivity index (χ0) is 16.9. The number of hydrogen-bond donors (Lipinski definition) is 0. The number of carbonyl (C=O) groups excluding carboxylic acids is 1. The van der Waals surface area contributed by atoms with E-state index in [0.717, 1.165) is 17.7 Å². The van der Waals surface area contributed by atoms with E-state index in [0.29, 0.717) is 29.8 Å². The summed E-state index contributed by atoms with van der Waals surface area (Å²) in [6, 6.07) is 6.12. The van der Waals surface area contributed by atoms with Crippen LogP contribution in [-0.2, 0) is 4.74 Å². The maximum Gasteiger partial charge on any atom is 0.166 e. The van der Waals surface area contributed by atoms with E-state index < -0.39 is 0 Å². The van der Waals surface area contributed by atoms with E-state index in [-0.39, 0.29) is 16.7 Å². The van der Waals surface area contributed by atoms with Crippen LogP contribution in [0.5, 0.6) is 5.75 Å². The molecule has 4 aliphatic rings. The minimum atomic E-state index is 0.0803. The fourth-order valence-corrected chi connectivity index (χ4v) is 6.71. The van der Waals surface area contributed by atoms with Gasteiger partial charge in [0.05, 0.1) is 19.3 Å². The van der Waals surface area contributed by atoms with Crippen molar-refractivity contribution >= 4 is 5.78 Å². The van der Waals surface area contributed by atoms with Crippen LogP contribution in [0.3, 0.4) is 0 Å². The molecule has 1 saturated heterocycles. The molecule has 3 heteroatoms. The van der Waals surface area contributed by atoms with Crippen LogP contribution in [0.4, 0.5) is 0 Å². The first-order chi connectivity index (χ1) is 11.4. The second-order valence-electron chi connectivity index (χ2n) is 8.91. The second kappa shape index (κ2) is 4.43. The summed E-state index contributed by atoms with van der Waals surface area (Å²) >= 11 is 0. The van der Waals surface area contributed by atoms with Crippen molar-refractivity contribution in [3.63, 3.8) is 0 Å². The van der Waals surface area contributed by atoms with Crippen LogP contribution in [0.1, 0.15) is 61.9 Å². The fraction of sp³-hybridized carbons (Fsp3) is 0.667. The van der Waals surface area contributed by atoms with Crippen LogP contribution in [0.2, 0.25) is 0 Å². The topological polar surface area (TPSA) is 38.8 Å². The molecule has 5 rings (SSSR count). The molecule has 0 amide bonds. The lowest BCUT2D eigenvalue weighted by atomic mass is 9.46. The highest BCUT2D eigenvalue weighted by molar-refractivity contribution is 6.01. The summed E-state index contributed by atoms with van der Waals surface area (Å²) in [7, 11) is 1.67. The number of ketones is 1. The van der Waals surface area contributed by atoms with Gasteiger partial charge in [-0.15, -0.1) is 0 Å². The molecule has 3 nitrogen and oxygen atoms in total. The molecule has 1 aliphatic heterocycles. The van der Waals surface area contributed by atoms with Gasteiger partial charge >= 0.3 is 0 Å². The number of carbonyl (C=O) groups is 1. The van der Waals surface area contributed by atoms with Crippen molar-refractivity contribution in [3.05, 3.63) is 29.3 Å². The summed E-state index contributed by atoms with van der Waals surface area (Å²) in [5.41, 5.74) is 2.59. The van der Waals surface area contributed by atoms with E-state index in [1.54, 1.807) is 7.11 Å². The number of fused-ring (bicyclic) bond motifs is 7. The molecule has 0 spiro atoms. The minimum absolute atomic E-state index is 0.0803. The van der Waals surface area contributed by atoms with E-state index in [2.05, 4.69) is 26.8 Å². The second-order valence-corrected chi connectivity index (χ2v) is 8.91. The van der Waals surface area contributed by atoms with Gasteiger partial charge in [-0.05, 0) is 54.2 Å². The standard InChI is InChI=1S/C21H26O3/c1-11-17-14(13-6-5-12(23-4)9-15(13)18(11)22)7-8-20(2)19-16(24-19)10-21(17,20)3/h5-6,9,11,14,16-17,19H,7-8,10H2,1-4H3/t11-,14+,16+,17+,19+,20+,21+/m0/s1. The Hall–Kier alpha value is -1.35. The fourth-order valence-electron chi connectivity index (χ4n) is 6.71. The summed E-state index contributed by atoms with van der Waals surface area (Å²) in [5, 5.41) is 0. The molecule has 128 valence electrons. The third-order valence-electron chi connectivity index (χ3n) is 8.16. The first kappa shape index (κ1) is 14.9. The number of ether oxygens (including phenoxy) is 2. The average Bonchev–Trinajstić information content (AvgIpc) is 3.29. The number of Topliss-reactive ketones (excluding diaryl/α,β-unsaturated/α-hetero) is 1. The van der Waals surface area contributed by atoms with Gasteiger partial charge in [-0.1, -0.05) is 26.8 Å². The zero-order valence-corrected chi connectivity index (χ0v) is 15.0. The predicted octanol–water partition coefficient (Wildman–Crippen LogP) is 4.20. The van der Waals surface area contributed by atoms with Gasteiger partial charge in [0.2, 0.25) is 0 Å². The lowest BCUT2D eigenvalue weighted by molar-refractivity contribution is -0.0864. The SMILES string of the molecule is COc1ccc2c(c1)C(=O)[C@@H](C)[C@@H]1[C@@H]2CC[C@]2(C)[C@@H]3O[C@@H]3C[C@]12C. The molecular weight excluding hydrogens is 300 g/mol. The van der Waals surface area contributed by atoms with E-state index in [1.165, 1.54) is 18.4 Å². The quantitative estimate of drug-likeness (QED) is 0.726. The van der Waals surface area contributed by atoms with Crippen molar-refractivity contribution < 1.29 is 14.3 Å².